The number of nitro groups is 1. The summed E-state index contributed by atoms with van der Waals surface area (Å²) in [6.45, 7) is 0. The van der Waals surface area contributed by atoms with Crippen LogP contribution in [0.3, 0.4) is 0 Å². The summed E-state index contributed by atoms with van der Waals surface area (Å²) in [6, 6.07) is 3.71. The Morgan fingerprint density at radius 3 is 1.78 bits per heavy atom. The van der Waals surface area contributed by atoms with Gasteiger partial charge >= 0.3 is 5.03 Å². The molecule has 0 atom stereocenters. The van der Waals surface area contributed by atoms with Crippen LogP contribution >= 0.6 is 0 Å². The Kier molecular flexibility index (Phi) is 5.59. The average molecular weight is 411 g/mol. The molecule has 27 heavy (non-hydrogen) atoms. The third-order valence-corrected chi connectivity index (χ3v) is 4.90. The van der Waals surface area contributed by atoms with Crippen LogP contribution in [0.15, 0.2) is 29.3 Å². The maximum Gasteiger partial charge on any atom is 0.360 e. The first kappa shape index (κ1) is 20.4. The van der Waals surface area contributed by atoms with Gasteiger partial charge in [-0.05, 0) is 17.7 Å². The van der Waals surface area contributed by atoms with Crippen LogP contribution in [0.1, 0.15) is 11.1 Å². The molecule has 0 aliphatic carbocycles. The zero-order chi connectivity index (χ0) is 20.5. The first-order valence-corrected chi connectivity index (χ1v) is 8.45. The predicted molar refractivity (Wildman–Crippen MR) is 80.2 cm³/mol. The summed E-state index contributed by atoms with van der Waals surface area (Å²) >= 11 is 0. The Hall–Kier alpha value is -2.89. The van der Waals surface area contributed by atoms with Crippen LogP contribution in [0.5, 0.6) is 0 Å². The summed E-state index contributed by atoms with van der Waals surface area (Å²) in [4.78, 5) is 9.50. The number of nitrogens with zero attached hydrogens (tertiary/aromatic N) is 1. The topological polar surface area (TPSA) is 77.3 Å². The fourth-order valence-electron chi connectivity index (χ4n) is 2.00. The summed E-state index contributed by atoms with van der Waals surface area (Å²) in [5, 5.41) is 9.25. The summed E-state index contributed by atoms with van der Waals surface area (Å²) in [6.07, 6.45) is -0.255. The summed E-state index contributed by atoms with van der Waals surface area (Å²) < 4.78 is 104. The van der Waals surface area contributed by atoms with E-state index in [0.29, 0.717) is 0 Å². The third kappa shape index (κ3) is 4.10. The second-order valence-corrected chi connectivity index (χ2v) is 7.05. The fraction of sp³-hybridized carbons (Fsp3) is 0.0667. The lowest BCUT2D eigenvalue weighted by Gasteiger charge is -2.06. The Balaban J connectivity index is 2.61. The van der Waals surface area contributed by atoms with Crippen molar-refractivity contribution < 1.29 is 39.7 Å². The van der Waals surface area contributed by atoms with Gasteiger partial charge in [0.15, 0.2) is 23.3 Å². The van der Waals surface area contributed by atoms with E-state index in [2.05, 4.69) is 0 Å². The smallest absolute Gasteiger partial charge is 0.258 e. The minimum atomic E-state index is -4.89. The zero-order valence-electron chi connectivity index (χ0n) is 12.9. The molecule has 0 saturated heterocycles. The number of sulfone groups is 1. The van der Waals surface area contributed by atoms with Gasteiger partial charge in [-0.1, -0.05) is 12.1 Å². The Morgan fingerprint density at radius 1 is 0.889 bits per heavy atom. The van der Waals surface area contributed by atoms with Crippen molar-refractivity contribution >= 4 is 15.9 Å². The summed E-state index contributed by atoms with van der Waals surface area (Å²) in [7, 11) is -4.89. The molecule has 5 nitrogen and oxygen atoms in total. The van der Waals surface area contributed by atoms with E-state index >= 15 is 0 Å². The van der Waals surface area contributed by atoms with Gasteiger partial charge in [0.05, 0.1) is 16.2 Å². The van der Waals surface area contributed by atoms with E-state index in [1.807, 2.05) is 0 Å². The molecular weight excluding hydrogens is 404 g/mol. The first-order valence-electron chi connectivity index (χ1n) is 6.80. The van der Waals surface area contributed by atoms with Crippen LogP contribution in [0.25, 0.3) is 6.08 Å². The van der Waals surface area contributed by atoms with E-state index < -0.39 is 66.0 Å². The normalized spacial score (nSPS) is 12.3. The largest absolute Gasteiger partial charge is 0.360 e. The molecule has 0 saturated carbocycles. The molecule has 0 aliphatic heterocycles. The summed E-state index contributed by atoms with van der Waals surface area (Å²) in [5.41, 5.74) is -1.89. The van der Waals surface area contributed by atoms with Crippen LogP contribution in [0.2, 0.25) is 0 Å². The van der Waals surface area contributed by atoms with Gasteiger partial charge in [-0.15, -0.1) is 0 Å². The molecule has 0 amide bonds. The molecule has 0 spiro atoms. The van der Waals surface area contributed by atoms with E-state index in [4.69, 9.17) is 0 Å². The van der Waals surface area contributed by atoms with Crippen LogP contribution in [0, 0.1) is 45.0 Å². The molecule has 0 aliphatic rings. The molecule has 0 unspecified atom stereocenters. The van der Waals surface area contributed by atoms with Gasteiger partial charge in [0.25, 0.3) is 0 Å². The van der Waals surface area contributed by atoms with E-state index in [9.17, 15) is 44.9 Å². The summed E-state index contributed by atoms with van der Waals surface area (Å²) in [5.74, 6) is -13.9. The lowest BCUT2D eigenvalue weighted by molar-refractivity contribution is -0.410. The Bertz CT molecular complexity index is 1020. The highest BCUT2D eigenvalue weighted by Crippen LogP contribution is 2.27. The van der Waals surface area contributed by atoms with Crippen molar-refractivity contribution in [3.05, 3.63) is 85.4 Å². The molecule has 2 aromatic carbocycles. The number of halogens is 6. The molecule has 0 fully saturated rings. The SMILES string of the molecule is O=[N+]([O-])/C(=C\c1c(F)c(F)c(F)c(F)c1F)S(=O)(=O)Cc1ccc(F)cc1. The molecule has 0 heterocycles. The van der Waals surface area contributed by atoms with Gasteiger partial charge in [0, 0.05) is 6.08 Å². The molecule has 2 rings (SSSR count). The lowest BCUT2D eigenvalue weighted by atomic mass is 10.1. The fourth-order valence-corrected chi connectivity index (χ4v) is 3.31. The molecule has 0 bridgehead atoms. The first-order chi connectivity index (χ1) is 12.5. The highest BCUT2D eigenvalue weighted by Gasteiger charge is 2.33. The van der Waals surface area contributed by atoms with Crippen LogP contribution in [-0.4, -0.2) is 13.3 Å². The van der Waals surface area contributed by atoms with Gasteiger partial charge in [0.1, 0.15) is 5.82 Å². The monoisotopic (exact) mass is 411 g/mol. The van der Waals surface area contributed by atoms with Crippen LogP contribution in [0.4, 0.5) is 26.3 Å². The predicted octanol–water partition coefficient (Wildman–Crippen LogP) is 3.71. The van der Waals surface area contributed by atoms with E-state index in [1.165, 1.54) is 0 Å². The third-order valence-electron chi connectivity index (χ3n) is 3.28. The van der Waals surface area contributed by atoms with Gasteiger partial charge in [0.2, 0.25) is 15.7 Å². The molecule has 2 aromatic rings. The van der Waals surface area contributed by atoms with Gasteiger partial charge in [-0.25, -0.2) is 34.8 Å². The minimum Gasteiger partial charge on any atom is -0.258 e. The van der Waals surface area contributed by atoms with Gasteiger partial charge < -0.3 is 0 Å². The van der Waals surface area contributed by atoms with Crippen molar-refractivity contribution in [1.29, 1.82) is 0 Å². The Labute approximate surface area is 147 Å². The number of hydrogen-bond donors (Lipinski definition) is 0. The van der Waals surface area contributed by atoms with Crippen molar-refractivity contribution in [3.63, 3.8) is 0 Å². The molecule has 12 heteroatoms. The molecule has 0 N–H and O–H groups in total. The Morgan fingerprint density at radius 2 is 1.33 bits per heavy atom. The van der Waals surface area contributed by atoms with E-state index in [1.54, 1.807) is 0 Å². The van der Waals surface area contributed by atoms with Gasteiger partial charge in [-0.3, -0.25) is 10.1 Å². The highest BCUT2D eigenvalue weighted by molar-refractivity contribution is 7.94. The maximum absolute atomic E-state index is 13.7. The van der Waals surface area contributed by atoms with Crippen LogP contribution in [-0.2, 0) is 15.6 Å². The molecule has 0 radical (unpaired) electrons. The number of hydrogen-bond acceptors (Lipinski definition) is 4. The van der Waals surface area contributed by atoms with Crippen molar-refractivity contribution in [2.75, 3.05) is 0 Å². The molecule has 144 valence electrons. The zero-order valence-corrected chi connectivity index (χ0v) is 13.7. The van der Waals surface area contributed by atoms with Crippen LogP contribution < -0.4 is 0 Å². The average Bonchev–Trinajstić information content (AvgIpc) is 2.59. The number of benzene rings is 2. The maximum atomic E-state index is 13.7. The van der Waals surface area contributed by atoms with Gasteiger partial charge in [-0.2, -0.15) is 0 Å². The van der Waals surface area contributed by atoms with Crippen molar-refractivity contribution in [3.8, 4) is 0 Å². The minimum absolute atomic E-state index is 0.110. The number of rotatable bonds is 5. The molecular formula is C15H7F6NO4S. The standard InChI is InChI=1S/C15H7F6NO4S/c16-8-3-1-7(2-4-8)6-27(25,26)10(22(23)24)5-9-11(17)13(19)15(21)14(20)12(9)18/h1-5H,6H2/b10-5+. The molecule has 0 aromatic heterocycles. The van der Waals surface area contributed by atoms with E-state index in [0.717, 1.165) is 24.3 Å². The van der Waals surface area contributed by atoms with Crippen molar-refractivity contribution in [1.82, 2.24) is 0 Å². The highest BCUT2D eigenvalue weighted by atomic mass is 32.2. The quantitative estimate of drug-likeness (QED) is 0.247. The van der Waals surface area contributed by atoms with E-state index in [-0.39, 0.29) is 11.6 Å². The second-order valence-electron chi connectivity index (χ2n) is 5.11. The van der Waals surface area contributed by atoms with Crippen molar-refractivity contribution in [2.24, 2.45) is 0 Å². The second kappa shape index (κ2) is 7.39. The van der Waals surface area contributed by atoms with Crippen molar-refractivity contribution in [2.45, 2.75) is 5.75 Å². The lowest BCUT2D eigenvalue weighted by Crippen LogP contribution is -2.15.